The van der Waals surface area contributed by atoms with Crippen molar-refractivity contribution in [3.8, 4) is 17.2 Å². The van der Waals surface area contributed by atoms with Gasteiger partial charge in [-0.1, -0.05) is 67.9 Å². The molecule has 0 atom stereocenters. The highest BCUT2D eigenvalue weighted by atomic mass is 15.1. The number of aromatic nitrogens is 2. The van der Waals surface area contributed by atoms with E-state index in [0.29, 0.717) is 5.56 Å². The Kier molecular flexibility index (Phi) is 7.22. The number of nitriles is 1. The van der Waals surface area contributed by atoms with Crippen LogP contribution in [0.4, 0.5) is 0 Å². The van der Waals surface area contributed by atoms with Crippen molar-refractivity contribution < 1.29 is 0 Å². The summed E-state index contributed by atoms with van der Waals surface area (Å²) in [5.74, 6) is 1.17. The Labute approximate surface area is 197 Å². The maximum atomic E-state index is 9.45. The van der Waals surface area contributed by atoms with E-state index in [2.05, 4.69) is 79.0 Å². The molecule has 1 aromatic heterocycles. The number of hydrogen-bond acceptors (Lipinski definition) is 3. The lowest BCUT2D eigenvalue weighted by molar-refractivity contribution is 0.414. The first-order valence-electron chi connectivity index (χ1n) is 11.8. The number of rotatable bonds is 9. The molecule has 0 fully saturated rings. The van der Waals surface area contributed by atoms with E-state index in [0.717, 1.165) is 55.4 Å². The minimum absolute atomic E-state index is 0.707. The van der Waals surface area contributed by atoms with Crippen molar-refractivity contribution in [2.75, 3.05) is 20.6 Å². The van der Waals surface area contributed by atoms with E-state index < -0.39 is 0 Å². The largest absolute Gasteiger partial charge is 0.323 e. The van der Waals surface area contributed by atoms with E-state index in [4.69, 9.17) is 4.98 Å². The van der Waals surface area contributed by atoms with Crippen LogP contribution in [-0.4, -0.2) is 35.1 Å². The Morgan fingerprint density at radius 3 is 2.45 bits per heavy atom. The van der Waals surface area contributed by atoms with Gasteiger partial charge in [0.1, 0.15) is 5.82 Å². The van der Waals surface area contributed by atoms with Crippen molar-refractivity contribution in [3.63, 3.8) is 0 Å². The summed E-state index contributed by atoms with van der Waals surface area (Å²) in [6.45, 7) is 4.05. The van der Waals surface area contributed by atoms with Gasteiger partial charge in [-0.25, -0.2) is 4.98 Å². The molecule has 0 aliphatic heterocycles. The Bertz CT molecular complexity index is 1260. The van der Waals surface area contributed by atoms with Crippen molar-refractivity contribution in [3.05, 3.63) is 89.2 Å². The zero-order valence-corrected chi connectivity index (χ0v) is 19.9. The second kappa shape index (κ2) is 10.5. The molecule has 4 heteroatoms. The van der Waals surface area contributed by atoms with E-state index in [1.54, 1.807) is 0 Å². The Morgan fingerprint density at radius 1 is 0.939 bits per heavy atom. The summed E-state index contributed by atoms with van der Waals surface area (Å²) >= 11 is 0. The number of benzene rings is 3. The summed E-state index contributed by atoms with van der Waals surface area (Å²) in [7, 11) is 4.24. The standard InChI is InChI=1S/C29H32N4/c1-4-5-13-28-31-27-12-8-10-24(18-19-32(2)3)29(27)33(28)21-22-14-16-23(17-15-22)26-11-7-6-9-25(26)20-30/h6-12,14-17H,4-5,13,18-19,21H2,1-3H3. The Balaban J connectivity index is 1.70. The van der Waals surface area contributed by atoms with Gasteiger partial charge >= 0.3 is 0 Å². The van der Waals surface area contributed by atoms with Crippen LogP contribution in [0.25, 0.3) is 22.2 Å². The molecule has 4 rings (SSSR count). The van der Waals surface area contributed by atoms with Gasteiger partial charge in [-0.3, -0.25) is 0 Å². The monoisotopic (exact) mass is 436 g/mol. The van der Waals surface area contributed by atoms with Crippen molar-refractivity contribution in [2.24, 2.45) is 0 Å². The maximum Gasteiger partial charge on any atom is 0.110 e. The van der Waals surface area contributed by atoms with E-state index in [1.165, 1.54) is 22.5 Å². The number of hydrogen-bond donors (Lipinski definition) is 0. The lowest BCUT2D eigenvalue weighted by Gasteiger charge is -2.14. The number of aryl methyl sites for hydroxylation is 1. The van der Waals surface area contributed by atoms with Gasteiger partial charge in [0.15, 0.2) is 0 Å². The van der Waals surface area contributed by atoms with Crippen LogP contribution in [0.5, 0.6) is 0 Å². The van der Waals surface area contributed by atoms with Gasteiger partial charge in [0.2, 0.25) is 0 Å². The maximum absolute atomic E-state index is 9.45. The van der Waals surface area contributed by atoms with E-state index in [-0.39, 0.29) is 0 Å². The molecule has 4 nitrogen and oxygen atoms in total. The van der Waals surface area contributed by atoms with Gasteiger partial charge in [-0.15, -0.1) is 0 Å². The summed E-state index contributed by atoms with van der Waals surface area (Å²) in [4.78, 5) is 7.27. The van der Waals surface area contributed by atoms with Gasteiger partial charge in [0.25, 0.3) is 0 Å². The number of para-hydroxylation sites is 1. The fourth-order valence-electron chi connectivity index (χ4n) is 4.35. The summed E-state index contributed by atoms with van der Waals surface area (Å²) in [6.07, 6.45) is 4.29. The minimum Gasteiger partial charge on any atom is -0.323 e. The molecule has 0 spiro atoms. The van der Waals surface area contributed by atoms with E-state index in [1.807, 2.05) is 24.3 Å². The van der Waals surface area contributed by atoms with Crippen LogP contribution in [0.3, 0.4) is 0 Å². The first kappa shape index (κ1) is 22.8. The molecule has 4 aromatic rings. The highest BCUT2D eigenvalue weighted by Gasteiger charge is 2.15. The van der Waals surface area contributed by atoms with Crippen LogP contribution >= 0.6 is 0 Å². The van der Waals surface area contributed by atoms with Crippen LogP contribution in [0, 0.1) is 11.3 Å². The van der Waals surface area contributed by atoms with Crippen LogP contribution in [0.1, 0.15) is 42.3 Å². The molecule has 0 N–H and O–H groups in total. The van der Waals surface area contributed by atoms with Gasteiger partial charge in [-0.2, -0.15) is 5.26 Å². The molecule has 0 radical (unpaired) electrons. The number of imidazole rings is 1. The molecular formula is C29H32N4. The summed E-state index contributed by atoms with van der Waals surface area (Å²) in [5, 5.41) is 9.45. The average Bonchev–Trinajstić information content (AvgIpc) is 3.19. The molecule has 168 valence electrons. The average molecular weight is 437 g/mol. The molecular weight excluding hydrogens is 404 g/mol. The molecule has 0 aliphatic carbocycles. The van der Waals surface area contributed by atoms with Gasteiger partial charge in [0, 0.05) is 19.5 Å². The third kappa shape index (κ3) is 5.16. The topological polar surface area (TPSA) is 44.9 Å². The predicted octanol–water partition coefficient (Wildman–Crippen LogP) is 6.07. The Hall–Kier alpha value is -3.42. The minimum atomic E-state index is 0.707. The number of fused-ring (bicyclic) bond motifs is 1. The van der Waals surface area contributed by atoms with Gasteiger partial charge < -0.3 is 9.47 Å². The van der Waals surface area contributed by atoms with Crippen molar-refractivity contribution in [2.45, 2.75) is 39.2 Å². The number of likely N-dealkylation sites (N-methyl/N-ethyl adjacent to an activating group) is 1. The predicted molar refractivity (Wildman–Crippen MR) is 136 cm³/mol. The SMILES string of the molecule is CCCCc1nc2cccc(CCN(C)C)c2n1Cc1ccc(-c2ccccc2C#N)cc1. The smallest absolute Gasteiger partial charge is 0.110 e. The third-order valence-electron chi connectivity index (χ3n) is 6.16. The summed E-state index contributed by atoms with van der Waals surface area (Å²) in [6, 6.07) is 25.2. The van der Waals surface area contributed by atoms with E-state index >= 15 is 0 Å². The zero-order chi connectivity index (χ0) is 23.2. The molecule has 33 heavy (non-hydrogen) atoms. The normalized spacial score (nSPS) is 11.2. The molecule has 0 saturated heterocycles. The summed E-state index contributed by atoms with van der Waals surface area (Å²) in [5.41, 5.74) is 7.72. The molecule has 0 unspecified atom stereocenters. The molecule has 3 aromatic carbocycles. The molecule has 0 aliphatic rings. The Morgan fingerprint density at radius 2 is 1.73 bits per heavy atom. The molecule has 1 heterocycles. The lowest BCUT2D eigenvalue weighted by atomic mass is 9.99. The highest BCUT2D eigenvalue weighted by molar-refractivity contribution is 5.80. The van der Waals surface area contributed by atoms with Crippen LogP contribution in [0.15, 0.2) is 66.7 Å². The molecule has 0 saturated carbocycles. The number of unbranched alkanes of at least 4 members (excludes halogenated alkanes) is 1. The van der Waals surface area contributed by atoms with Crippen molar-refractivity contribution >= 4 is 11.0 Å². The number of nitrogens with zero attached hydrogens (tertiary/aromatic N) is 4. The first-order chi connectivity index (χ1) is 16.1. The fraction of sp³-hybridized carbons (Fsp3) is 0.310. The summed E-state index contributed by atoms with van der Waals surface area (Å²) < 4.78 is 2.42. The lowest BCUT2D eigenvalue weighted by Crippen LogP contribution is -2.15. The van der Waals surface area contributed by atoms with Crippen LogP contribution in [-0.2, 0) is 19.4 Å². The van der Waals surface area contributed by atoms with Crippen LogP contribution < -0.4 is 0 Å². The second-order valence-corrected chi connectivity index (χ2v) is 8.91. The highest BCUT2D eigenvalue weighted by Crippen LogP contribution is 2.26. The zero-order valence-electron chi connectivity index (χ0n) is 19.9. The van der Waals surface area contributed by atoms with Crippen molar-refractivity contribution in [1.29, 1.82) is 5.26 Å². The van der Waals surface area contributed by atoms with Crippen LogP contribution in [0.2, 0.25) is 0 Å². The molecule has 0 amide bonds. The van der Waals surface area contributed by atoms with Gasteiger partial charge in [-0.05, 0) is 61.3 Å². The first-order valence-corrected chi connectivity index (χ1v) is 11.8. The second-order valence-electron chi connectivity index (χ2n) is 8.91. The fourth-order valence-corrected chi connectivity index (χ4v) is 4.35. The quantitative estimate of drug-likeness (QED) is 0.320. The molecule has 0 bridgehead atoms. The van der Waals surface area contributed by atoms with Gasteiger partial charge in [0.05, 0.1) is 22.7 Å². The van der Waals surface area contributed by atoms with E-state index in [9.17, 15) is 5.26 Å². The van der Waals surface area contributed by atoms with Crippen molar-refractivity contribution in [1.82, 2.24) is 14.5 Å². The third-order valence-corrected chi connectivity index (χ3v) is 6.16.